The van der Waals surface area contributed by atoms with Gasteiger partial charge in [-0.15, -0.1) is 11.3 Å². The van der Waals surface area contributed by atoms with E-state index in [9.17, 15) is 0 Å². The first kappa shape index (κ1) is 16.6. The normalized spacial score (nSPS) is 16.0. The van der Waals surface area contributed by atoms with Crippen LogP contribution in [0.2, 0.25) is 0 Å². The minimum Gasteiger partial charge on any atom is -0.256 e. The van der Waals surface area contributed by atoms with E-state index in [0.29, 0.717) is 0 Å². The van der Waals surface area contributed by atoms with Gasteiger partial charge in [0, 0.05) is 35.5 Å². The van der Waals surface area contributed by atoms with Crippen LogP contribution in [0.4, 0.5) is 0 Å². The Kier molecular flexibility index (Phi) is 4.24. The smallest absolute Gasteiger partial charge is 0.125 e. The summed E-state index contributed by atoms with van der Waals surface area (Å²) in [5.74, 6) is 0.0981. The Balaban J connectivity index is 1.40. The molecule has 1 aliphatic carbocycles. The third-order valence-electron chi connectivity index (χ3n) is 6.19. The second kappa shape index (κ2) is 7.90. The Hall–Kier alpha value is -3.04. The molecule has 0 saturated heterocycles. The zero-order chi connectivity index (χ0) is 22.4. The lowest BCUT2D eigenvalue weighted by molar-refractivity contribution is 0.546. The van der Waals surface area contributed by atoms with Crippen molar-refractivity contribution in [1.29, 1.82) is 0 Å². The van der Waals surface area contributed by atoms with Crippen molar-refractivity contribution in [2.24, 2.45) is 5.92 Å². The lowest BCUT2D eigenvalue weighted by atomic mass is 9.97. The molecule has 0 aliphatic heterocycles. The van der Waals surface area contributed by atoms with Gasteiger partial charge in [0.25, 0.3) is 0 Å². The first-order valence-electron chi connectivity index (χ1n) is 12.0. The van der Waals surface area contributed by atoms with Crippen LogP contribution >= 0.6 is 11.3 Å². The van der Waals surface area contributed by atoms with Gasteiger partial charge in [-0.05, 0) is 54.3 Å². The van der Waals surface area contributed by atoms with Gasteiger partial charge in [0.2, 0.25) is 0 Å². The number of hydrogen-bond donors (Lipinski definition) is 0. The average molecular weight is 423 g/mol. The van der Waals surface area contributed by atoms with Crippen molar-refractivity contribution in [3.8, 4) is 22.5 Å². The summed E-state index contributed by atoms with van der Waals surface area (Å²) in [7, 11) is 0. The quantitative estimate of drug-likeness (QED) is 0.294. The van der Waals surface area contributed by atoms with Gasteiger partial charge in [0.1, 0.15) is 4.83 Å². The molecule has 2 aromatic carbocycles. The monoisotopic (exact) mass is 422 g/mol. The van der Waals surface area contributed by atoms with Gasteiger partial charge < -0.3 is 0 Å². The highest BCUT2D eigenvalue weighted by Crippen LogP contribution is 2.36. The van der Waals surface area contributed by atoms with E-state index in [1.54, 1.807) is 17.5 Å². The third-order valence-corrected chi connectivity index (χ3v) is 7.27. The van der Waals surface area contributed by atoms with E-state index < -0.39 is 6.37 Å². The van der Waals surface area contributed by atoms with Crippen molar-refractivity contribution in [2.45, 2.75) is 32.1 Å². The van der Waals surface area contributed by atoms with E-state index in [0.717, 1.165) is 64.0 Å². The van der Waals surface area contributed by atoms with E-state index >= 15 is 0 Å². The number of fused-ring (bicyclic) bond motifs is 3. The van der Waals surface area contributed by atoms with Crippen molar-refractivity contribution >= 4 is 31.6 Å². The minimum atomic E-state index is -1.31. The SMILES string of the molecule is [2H]C([2H])(c1ccnc(-c2ccc3sc4nc(-c5ccccc5)ccc4c3c2)c1)C1CCCC1. The van der Waals surface area contributed by atoms with Crippen LogP contribution in [0.5, 0.6) is 0 Å². The van der Waals surface area contributed by atoms with Crippen molar-refractivity contribution in [1.82, 2.24) is 9.97 Å². The van der Waals surface area contributed by atoms with Gasteiger partial charge in [-0.25, -0.2) is 4.98 Å². The molecule has 0 N–H and O–H groups in total. The molecule has 3 aromatic heterocycles. The maximum Gasteiger partial charge on any atom is 0.125 e. The molecule has 1 fully saturated rings. The van der Waals surface area contributed by atoms with E-state index in [-0.39, 0.29) is 5.92 Å². The fourth-order valence-electron chi connectivity index (χ4n) is 4.57. The van der Waals surface area contributed by atoms with Gasteiger partial charge in [-0.2, -0.15) is 0 Å². The molecule has 0 amide bonds. The predicted octanol–water partition coefficient (Wildman–Crippen LogP) is 7.91. The van der Waals surface area contributed by atoms with E-state index in [4.69, 9.17) is 7.73 Å². The maximum atomic E-state index is 8.76. The number of pyridine rings is 2. The van der Waals surface area contributed by atoms with Crippen LogP contribution in [0.3, 0.4) is 0 Å². The summed E-state index contributed by atoms with van der Waals surface area (Å²) in [4.78, 5) is 10.6. The van der Waals surface area contributed by atoms with Crippen molar-refractivity contribution < 1.29 is 2.74 Å². The Labute approximate surface area is 189 Å². The molecular weight excluding hydrogens is 396 g/mol. The molecule has 0 bridgehead atoms. The molecule has 152 valence electrons. The summed E-state index contributed by atoms with van der Waals surface area (Å²) in [5, 5.41) is 2.32. The zero-order valence-electron chi connectivity index (χ0n) is 19.2. The lowest BCUT2D eigenvalue weighted by Gasteiger charge is -2.10. The molecule has 6 rings (SSSR count). The minimum absolute atomic E-state index is 0.0981. The number of thiophene rings is 1. The number of nitrogens with zero attached hydrogens (tertiary/aromatic N) is 2. The van der Waals surface area contributed by atoms with Gasteiger partial charge >= 0.3 is 0 Å². The highest BCUT2D eigenvalue weighted by Gasteiger charge is 2.16. The van der Waals surface area contributed by atoms with Crippen LogP contribution in [-0.2, 0) is 6.37 Å². The fourth-order valence-corrected chi connectivity index (χ4v) is 5.63. The first-order chi connectivity index (χ1) is 16.1. The number of aromatic nitrogens is 2. The predicted molar refractivity (Wildman–Crippen MR) is 131 cm³/mol. The van der Waals surface area contributed by atoms with Crippen LogP contribution < -0.4 is 0 Å². The van der Waals surface area contributed by atoms with Gasteiger partial charge in [0.15, 0.2) is 0 Å². The molecule has 0 unspecified atom stereocenters. The van der Waals surface area contributed by atoms with Gasteiger partial charge in [0.05, 0.1) is 11.4 Å². The van der Waals surface area contributed by atoms with Crippen molar-refractivity contribution in [3.05, 3.63) is 84.6 Å². The summed E-state index contributed by atoms with van der Waals surface area (Å²) in [6.07, 6.45) is 4.63. The van der Waals surface area contributed by atoms with Gasteiger partial charge in [-0.1, -0.05) is 62.1 Å². The Bertz CT molecular complexity index is 1450. The molecule has 5 aromatic rings. The molecule has 0 atom stereocenters. The molecule has 1 aliphatic rings. The molecule has 0 spiro atoms. The lowest BCUT2D eigenvalue weighted by Crippen LogP contribution is -1.99. The molecule has 3 heterocycles. The van der Waals surface area contributed by atoms with Crippen LogP contribution in [0, 0.1) is 5.92 Å². The van der Waals surface area contributed by atoms with Crippen molar-refractivity contribution in [2.75, 3.05) is 0 Å². The Morgan fingerprint density at radius 3 is 2.58 bits per heavy atom. The zero-order valence-corrected chi connectivity index (χ0v) is 18.0. The topological polar surface area (TPSA) is 25.8 Å². The summed E-state index contributed by atoms with van der Waals surface area (Å²) in [6.45, 7) is 0. The highest BCUT2D eigenvalue weighted by atomic mass is 32.1. The largest absolute Gasteiger partial charge is 0.256 e. The fraction of sp³-hybridized carbons (Fsp3) is 0.214. The van der Waals surface area contributed by atoms with Crippen LogP contribution in [-0.4, -0.2) is 9.97 Å². The van der Waals surface area contributed by atoms with Crippen LogP contribution in [0.15, 0.2) is 79.0 Å². The Morgan fingerprint density at radius 2 is 1.71 bits per heavy atom. The molecule has 3 heteroatoms. The van der Waals surface area contributed by atoms with Crippen LogP contribution in [0.25, 0.3) is 42.8 Å². The molecule has 31 heavy (non-hydrogen) atoms. The van der Waals surface area contributed by atoms with E-state index in [1.165, 1.54) is 10.1 Å². The van der Waals surface area contributed by atoms with E-state index in [2.05, 4.69) is 47.4 Å². The first-order valence-corrected chi connectivity index (χ1v) is 11.8. The summed E-state index contributed by atoms with van der Waals surface area (Å²) < 4.78 is 18.7. The third kappa shape index (κ3) is 3.64. The number of hydrogen-bond acceptors (Lipinski definition) is 3. The molecule has 2 nitrogen and oxygen atoms in total. The highest BCUT2D eigenvalue weighted by molar-refractivity contribution is 7.25. The summed E-state index contributed by atoms with van der Waals surface area (Å²) in [5.41, 5.74) is 4.68. The second-order valence-electron chi connectivity index (χ2n) is 8.28. The number of benzene rings is 2. The number of rotatable bonds is 4. The second-order valence-corrected chi connectivity index (χ2v) is 9.31. The molecular formula is C28H24N2S. The van der Waals surface area contributed by atoms with Crippen LogP contribution in [0.1, 0.15) is 34.0 Å². The van der Waals surface area contributed by atoms with Gasteiger partial charge in [-0.3, -0.25) is 4.98 Å². The molecule has 1 saturated carbocycles. The molecule has 0 radical (unpaired) electrons. The maximum absolute atomic E-state index is 8.76. The summed E-state index contributed by atoms with van der Waals surface area (Å²) in [6, 6.07) is 24.7. The Morgan fingerprint density at radius 1 is 0.839 bits per heavy atom. The van der Waals surface area contributed by atoms with E-state index in [1.807, 2.05) is 30.3 Å². The van der Waals surface area contributed by atoms with Crippen molar-refractivity contribution in [3.63, 3.8) is 0 Å². The standard InChI is InChI=1S/C28H24N2S/c1-2-8-21(9-3-1)25-12-11-23-24-18-22(10-13-27(24)31-28(23)30-25)26-17-20(14-15-29-26)16-19-6-4-5-7-19/h1-3,8-15,17-19H,4-7,16H2/i16D2. The summed E-state index contributed by atoms with van der Waals surface area (Å²) >= 11 is 1.71. The average Bonchev–Trinajstić information content (AvgIpc) is 3.53.